The van der Waals surface area contributed by atoms with Crippen LogP contribution in [0.1, 0.15) is 23.1 Å². The number of hydrogen-bond acceptors (Lipinski definition) is 3. The summed E-state index contributed by atoms with van der Waals surface area (Å²) < 4.78 is 2.03. The van der Waals surface area contributed by atoms with E-state index in [0.717, 1.165) is 19.6 Å². The minimum absolute atomic E-state index is 0.893. The maximum Gasteiger partial charge on any atom is 0.0537 e. The highest BCUT2D eigenvalue weighted by Crippen LogP contribution is 2.09. The van der Waals surface area contributed by atoms with Crippen molar-refractivity contribution < 1.29 is 0 Å². The highest BCUT2D eigenvalue weighted by atomic mass is 32.1. The summed E-state index contributed by atoms with van der Waals surface area (Å²) in [6, 6.07) is 4.24. The van der Waals surface area contributed by atoms with Gasteiger partial charge in [-0.1, -0.05) is 6.07 Å². The Kier molecular flexibility index (Phi) is 3.74. The second-order valence-corrected chi connectivity index (χ2v) is 4.79. The molecule has 2 rings (SSSR count). The van der Waals surface area contributed by atoms with Crippen molar-refractivity contribution in [1.29, 1.82) is 0 Å². The van der Waals surface area contributed by atoms with Crippen LogP contribution in [-0.2, 0) is 19.6 Å². The Hall–Kier alpha value is -1.13. The molecule has 0 aromatic carbocycles. The summed E-state index contributed by atoms with van der Waals surface area (Å²) in [6.45, 7) is 7.01. The fraction of sp³-hybridized carbons (Fsp3) is 0.417. The normalized spacial score (nSPS) is 10.9. The van der Waals surface area contributed by atoms with Crippen LogP contribution >= 0.6 is 11.3 Å². The van der Waals surface area contributed by atoms with Gasteiger partial charge in [0.25, 0.3) is 0 Å². The molecule has 2 aromatic heterocycles. The lowest BCUT2D eigenvalue weighted by Crippen LogP contribution is -2.12. The topological polar surface area (TPSA) is 29.9 Å². The summed E-state index contributed by atoms with van der Waals surface area (Å²) in [6.07, 6.45) is 1.96. The van der Waals surface area contributed by atoms with Crippen LogP contribution in [0.4, 0.5) is 0 Å². The molecule has 0 amide bonds. The van der Waals surface area contributed by atoms with Crippen molar-refractivity contribution in [2.24, 2.45) is 0 Å². The molecule has 2 aromatic rings. The molecular weight excluding hydrogens is 218 g/mol. The molecule has 0 bridgehead atoms. The molecule has 0 radical (unpaired) electrons. The van der Waals surface area contributed by atoms with Crippen molar-refractivity contribution in [2.75, 3.05) is 0 Å². The smallest absolute Gasteiger partial charge is 0.0537 e. The van der Waals surface area contributed by atoms with Crippen molar-refractivity contribution in [1.82, 2.24) is 15.1 Å². The Morgan fingerprint density at radius 2 is 2.31 bits per heavy atom. The highest BCUT2D eigenvalue weighted by molar-refractivity contribution is 7.09. The molecule has 1 N–H and O–H groups in total. The van der Waals surface area contributed by atoms with Gasteiger partial charge in [-0.3, -0.25) is 4.68 Å². The molecule has 0 spiro atoms. The van der Waals surface area contributed by atoms with E-state index in [0.29, 0.717) is 0 Å². The number of nitrogens with one attached hydrogen (secondary N) is 1. The number of rotatable bonds is 5. The van der Waals surface area contributed by atoms with E-state index >= 15 is 0 Å². The molecule has 0 atom stereocenters. The van der Waals surface area contributed by atoms with E-state index in [9.17, 15) is 0 Å². The Labute approximate surface area is 100 Å². The first kappa shape index (κ1) is 11.4. The first-order chi connectivity index (χ1) is 7.81. The lowest BCUT2D eigenvalue weighted by molar-refractivity contribution is 0.634. The van der Waals surface area contributed by atoms with Gasteiger partial charge in [0.2, 0.25) is 0 Å². The van der Waals surface area contributed by atoms with E-state index in [-0.39, 0.29) is 0 Å². The molecule has 3 nitrogen and oxygen atoms in total. The number of aryl methyl sites for hydroxylation is 1. The Morgan fingerprint density at radius 3 is 2.94 bits per heavy atom. The average Bonchev–Trinajstić information content (AvgIpc) is 2.90. The molecule has 4 heteroatoms. The van der Waals surface area contributed by atoms with Crippen LogP contribution < -0.4 is 5.32 Å². The molecule has 0 fully saturated rings. The number of thiophene rings is 1. The van der Waals surface area contributed by atoms with Crippen molar-refractivity contribution in [3.8, 4) is 0 Å². The maximum atomic E-state index is 4.33. The van der Waals surface area contributed by atoms with E-state index in [1.165, 1.54) is 16.1 Å². The number of nitrogens with zero attached hydrogens (tertiary/aromatic N) is 2. The minimum Gasteiger partial charge on any atom is -0.308 e. The van der Waals surface area contributed by atoms with Gasteiger partial charge in [0.1, 0.15) is 0 Å². The molecule has 0 saturated heterocycles. The van der Waals surface area contributed by atoms with Crippen molar-refractivity contribution in [2.45, 2.75) is 33.5 Å². The highest BCUT2D eigenvalue weighted by Gasteiger charge is 2.04. The molecular formula is C12H17N3S. The number of hydrogen-bond donors (Lipinski definition) is 1. The lowest BCUT2D eigenvalue weighted by atomic mass is 10.2. The van der Waals surface area contributed by atoms with Crippen LogP contribution in [0.15, 0.2) is 23.7 Å². The van der Waals surface area contributed by atoms with Gasteiger partial charge >= 0.3 is 0 Å². The second-order valence-electron chi connectivity index (χ2n) is 3.75. The Morgan fingerprint density at radius 1 is 1.44 bits per heavy atom. The van der Waals surface area contributed by atoms with Crippen LogP contribution in [0.2, 0.25) is 0 Å². The Bertz CT molecular complexity index is 431. The fourth-order valence-electron chi connectivity index (χ4n) is 1.71. The third-order valence-corrected chi connectivity index (χ3v) is 3.58. The number of aromatic nitrogens is 2. The summed E-state index contributed by atoms with van der Waals surface area (Å²) >= 11 is 1.79. The third kappa shape index (κ3) is 2.51. The predicted molar refractivity (Wildman–Crippen MR) is 67.5 cm³/mol. The van der Waals surface area contributed by atoms with E-state index in [2.05, 4.69) is 41.8 Å². The van der Waals surface area contributed by atoms with Crippen molar-refractivity contribution >= 4 is 11.3 Å². The maximum absolute atomic E-state index is 4.33. The molecule has 0 aliphatic carbocycles. The second kappa shape index (κ2) is 5.27. The first-order valence-corrected chi connectivity index (χ1v) is 6.43. The average molecular weight is 235 g/mol. The zero-order valence-corrected chi connectivity index (χ0v) is 10.5. The van der Waals surface area contributed by atoms with Crippen LogP contribution in [-0.4, -0.2) is 9.78 Å². The first-order valence-electron chi connectivity index (χ1n) is 5.55. The summed E-state index contributed by atoms with van der Waals surface area (Å²) in [5.74, 6) is 0. The van der Waals surface area contributed by atoms with Crippen LogP contribution in [0.25, 0.3) is 0 Å². The summed E-state index contributed by atoms with van der Waals surface area (Å²) in [4.78, 5) is 1.38. The van der Waals surface area contributed by atoms with Gasteiger partial charge in [-0.15, -0.1) is 11.3 Å². The fourth-order valence-corrected chi connectivity index (χ4v) is 2.39. The van der Waals surface area contributed by atoms with E-state index < -0.39 is 0 Å². The zero-order chi connectivity index (χ0) is 11.4. The molecule has 16 heavy (non-hydrogen) atoms. The van der Waals surface area contributed by atoms with E-state index in [1.54, 1.807) is 11.3 Å². The van der Waals surface area contributed by atoms with E-state index in [1.807, 2.05) is 10.9 Å². The lowest BCUT2D eigenvalue weighted by Gasteiger charge is -2.03. The quantitative estimate of drug-likeness (QED) is 0.863. The molecule has 0 aliphatic heterocycles. The SMILES string of the molecule is CCn1ncc(CNCc2cccs2)c1C. The van der Waals surface area contributed by atoms with Crippen molar-refractivity contribution in [3.05, 3.63) is 39.8 Å². The largest absolute Gasteiger partial charge is 0.308 e. The van der Waals surface area contributed by atoms with Gasteiger partial charge in [0.15, 0.2) is 0 Å². The van der Waals surface area contributed by atoms with Gasteiger partial charge in [0, 0.05) is 35.8 Å². The predicted octanol–water partition coefficient (Wildman–Crippen LogP) is 2.56. The van der Waals surface area contributed by atoms with Crippen LogP contribution in [0, 0.1) is 6.92 Å². The zero-order valence-electron chi connectivity index (χ0n) is 9.73. The molecule has 86 valence electrons. The summed E-state index contributed by atoms with van der Waals surface area (Å²) in [5, 5.41) is 9.88. The van der Waals surface area contributed by atoms with E-state index in [4.69, 9.17) is 0 Å². The van der Waals surface area contributed by atoms with Gasteiger partial charge in [-0.05, 0) is 25.3 Å². The minimum atomic E-state index is 0.893. The van der Waals surface area contributed by atoms with Crippen molar-refractivity contribution in [3.63, 3.8) is 0 Å². The summed E-state index contributed by atoms with van der Waals surface area (Å²) in [7, 11) is 0. The molecule has 0 unspecified atom stereocenters. The van der Waals surface area contributed by atoms with Gasteiger partial charge in [-0.25, -0.2) is 0 Å². The summed E-state index contributed by atoms with van der Waals surface area (Å²) in [5.41, 5.74) is 2.56. The monoisotopic (exact) mass is 235 g/mol. The van der Waals surface area contributed by atoms with Crippen LogP contribution in [0.3, 0.4) is 0 Å². The standard InChI is InChI=1S/C12H17N3S/c1-3-15-10(2)11(8-14-15)7-13-9-12-5-4-6-16-12/h4-6,8,13H,3,7,9H2,1-2H3. The third-order valence-electron chi connectivity index (χ3n) is 2.70. The van der Waals surface area contributed by atoms with Gasteiger partial charge in [-0.2, -0.15) is 5.10 Å². The molecule has 0 aliphatic rings. The van der Waals surface area contributed by atoms with Crippen LogP contribution in [0.5, 0.6) is 0 Å². The van der Waals surface area contributed by atoms with Gasteiger partial charge in [0.05, 0.1) is 6.20 Å². The van der Waals surface area contributed by atoms with Gasteiger partial charge < -0.3 is 5.32 Å². The Balaban J connectivity index is 1.87. The molecule has 2 heterocycles. The molecule has 0 saturated carbocycles.